The molecule has 1 amide bonds. The van der Waals surface area contributed by atoms with Crippen LogP contribution in [0.25, 0.3) is 0 Å². The quantitative estimate of drug-likeness (QED) is 0.877. The van der Waals surface area contributed by atoms with Crippen LogP contribution in [0.2, 0.25) is 0 Å². The Labute approximate surface area is 166 Å². The van der Waals surface area contributed by atoms with Crippen molar-refractivity contribution in [3.63, 3.8) is 0 Å². The molecule has 2 aliphatic rings. The van der Waals surface area contributed by atoms with E-state index in [0.29, 0.717) is 12.1 Å². The van der Waals surface area contributed by atoms with Crippen molar-refractivity contribution in [1.82, 2.24) is 10.2 Å². The molecule has 0 saturated carbocycles. The van der Waals surface area contributed by atoms with Crippen molar-refractivity contribution in [2.24, 2.45) is 0 Å². The first kappa shape index (κ1) is 18.9. The lowest BCUT2D eigenvalue weighted by molar-refractivity contribution is 0.0687. The first-order chi connectivity index (χ1) is 13.7. The molecule has 4 nitrogen and oxygen atoms in total. The van der Waals surface area contributed by atoms with Gasteiger partial charge in [0.25, 0.3) is 5.91 Å². The SMILES string of the molecule is O=C(c1ccccc1)N1CCCC(NC2CCN(c3ccc(F)cc3)CC2)C1. The van der Waals surface area contributed by atoms with Gasteiger partial charge >= 0.3 is 0 Å². The molecular weight excluding hydrogens is 353 g/mol. The summed E-state index contributed by atoms with van der Waals surface area (Å²) in [6, 6.07) is 17.2. The number of benzene rings is 2. The second kappa shape index (κ2) is 8.74. The van der Waals surface area contributed by atoms with E-state index < -0.39 is 0 Å². The molecule has 1 unspecified atom stereocenters. The van der Waals surface area contributed by atoms with E-state index in [0.717, 1.165) is 63.1 Å². The molecule has 0 aromatic heterocycles. The lowest BCUT2D eigenvalue weighted by Gasteiger charge is -2.39. The zero-order chi connectivity index (χ0) is 19.3. The fourth-order valence-corrected chi connectivity index (χ4v) is 4.35. The lowest BCUT2D eigenvalue weighted by Crippen LogP contribution is -2.53. The Morgan fingerprint density at radius 2 is 1.61 bits per heavy atom. The van der Waals surface area contributed by atoms with Gasteiger partial charge in [-0.1, -0.05) is 18.2 Å². The summed E-state index contributed by atoms with van der Waals surface area (Å²) in [5.41, 5.74) is 1.87. The van der Waals surface area contributed by atoms with Gasteiger partial charge < -0.3 is 15.1 Å². The molecule has 1 N–H and O–H groups in total. The smallest absolute Gasteiger partial charge is 0.253 e. The minimum atomic E-state index is -0.188. The first-order valence-corrected chi connectivity index (χ1v) is 10.3. The van der Waals surface area contributed by atoms with Crippen molar-refractivity contribution in [3.05, 3.63) is 66.0 Å². The molecule has 5 heteroatoms. The van der Waals surface area contributed by atoms with E-state index in [4.69, 9.17) is 0 Å². The molecule has 148 valence electrons. The standard InChI is InChI=1S/C23H28FN3O/c24-19-8-10-22(11-9-19)26-15-12-20(13-16-26)25-21-7-4-14-27(17-21)23(28)18-5-2-1-3-6-18/h1-3,5-6,8-11,20-21,25H,4,7,12-17H2. The molecular formula is C23H28FN3O. The monoisotopic (exact) mass is 381 g/mol. The summed E-state index contributed by atoms with van der Waals surface area (Å²) in [5, 5.41) is 3.79. The zero-order valence-corrected chi connectivity index (χ0v) is 16.2. The van der Waals surface area contributed by atoms with E-state index in [9.17, 15) is 9.18 Å². The normalized spacial score (nSPS) is 21.0. The number of nitrogens with one attached hydrogen (secondary N) is 1. The van der Waals surface area contributed by atoms with Gasteiger partial charge in [0, 0.05) is 49.5 Å². The van der Waals surface area contributed by atoms with Crippen molar-refractivity contribution in [1.29, 1.82) is 0 Å². The van der Waals surface area contributed by atoms with Gasteiger partial charge in [-0.05, 0) is 62.1 Å². The Hall–Kier alpha value is -2.40. The van der Waals surface area contributed by atoms with Crippen LogP contribution in [0.1, 0.15) is 36.0 Å². The molecule has 2 aromatic rings. The fraction of sp³-hybridized carbons (Fsp3) is 0.435. The number of carbonyl (C=O) groups is 1. The molecule has 28 heavy (non-hydrogen) atoms. The Morgan fingerprint density at radius 3 is 2.32 bits per heavy atom. The number of amides is 1. The third-order valence-electron chi connectivity index (χ3n) is 5.89. The van der Waals surface area contributed by atoms with Gasteiger partial charge in [0.15, 0.2) is 0 Å². The highest BCUT2D eigenvalue weighted by molar-refractivity contribution is 5.94. The average molecular weight is 381 g/mol. The van der Waals surface area contributed by atoms with Crippen LogP contribution >= 0.6 is 0 Å². The number of nitrogens with zero attached hydrogens (tertiary/aromatic N) is 2. The topological polar surface area (TPSA) is 35.6 Å². The first-order valence-electron chi connectivity index (χ1n) is 10.3. The fourth-order valence-electron chi connectivity index (χ4n) is 4.35. The van der Waals surface area contributed by atoms with E-state index in [1.807, 2.05) is 47.4 Å². The molecule has 2 fully saturated rings. The predicted octanol–water partition coefficient (Wildman–Crippen LogP) is 3.69. The van der Waals surface area contributed by atoms with Crippen molar-refractivity contribution in [2.75, 3.05) is 31.1 Å². The summed E-state index contributed by atoms with van der Waals surface area (Å²) < 4.78 is 13.1. The number of halogens is 1. The third kappa shape index (κ3) is 4.53. The van der Waals surface area contributed by atoms with E-state index in [1.54, 1.807) is 0 Å². The summed E-state index contributed by atoms with van der Waals surface area (Å²) in [6.45, 7) is 3.58. The maximum Gasteiger partial charge on any atom is 0.253 e. The van der Waals surface area contributed by atoms with Crippen molar-refractivity contribution < 1.29 is 9.18 Å². The van der Waals surface area contributed by atoms with Crippen LogP contribution in [0, 0.1) is 5.82 Å². The average Bonchev–Trinajstić information content (AvgIpc) is 2.75. The summed E-state index contributed by atoms with van der Waals surface area (Å²) in [5.74, 6) is -0.0505. The Balaban J connectivity index is 1.28. The van der Waals surface area contributed by atoms with Crippen LogP contribution in [0.3, 0.4) is 0 Å². The van der Waals surface area contributed by atoms with Gasteiger partial charge in [-0.2, -0.15) is 0 Å². The maximum atomic E-state index is 13.1. The second-order valence-corrected chi connectivity index (χ2v) is 7.86. The molecule has 0 bridgehead atoms. The number of hydrogen-bond donors (Lipinski definition) is 1. The summed E-state index contributed by atoms with van der Waals surface area (Å²) in [6.07, 6.45) is 4.31. The van der Waals surface area contributed by atoms with Crippen LogP contribution < -0.4 is 10.2 Å². The molecule has 4 rings (SSSR count). The predicted molar refractivity (Wildman–Crippen MR) is 110 cm³/mol. The Morgan fingerprint density at radius 1 is 0.893 bits per heavy atom. The van der Waals surface area contributed by atoms with Gasteiger partial charge in [0.1, 0.15) is 5.82 Å². The molecule has 2 aromatic carbocycles. The number of likely N-dealkylation sites (tertiary alicyclic amines) is 1. The highest BCUT2D eigenvalue weighted by Gasteiger charge is 2.27. The van der Waals surface area contributed by atoms with Gasteiger partial charge in [-0.15, -0.1) is 0 Å². The summed E-state index contributed by atoms with van der Waals surface area (Å²) >= 11 is 0. The molecule has 2 heterocycles. The molecule has 1 atom stereocenters. The number of hydrogen-bond acceptors (Lipinski definition) is 3. The molecule has 2 aliphatic heterocycles. The third-order valence-corrected chi connectivity index (χ3v) is 5.89. The maximum absolute atomic E-state index is 13.1. The molecule has 0 aliphatic carbocycles. The highest BCUT2D eigenvalue weighted by atomic mass is 19.1. The Bertz CT molecular complexity index is 772. The van der Waals surface area contributed by atoms with E-state index >= 15 is 0 Å². The van der Waals surface area contributed by atoms with Crippen molar-refractivity contribution >= 4 is 11.6 Å². The minimum Gasteiger partial charge on any atom is -0.371 e. The molecule has 0 spiro atoms. The van der Waals surface area contributed by atoms with Gasteiger partial charge in [-0.25, -0.2) is 4.39 Å². The van der Waals surface area contributed by atoms with Crippen LogP contribution in [0.15, 0.2) is 54.6 Å². The minimum absolute atomic E-state index is 0.137. The summed E-state index contributed by atoms with van der Waals surface area (Å²) in [4.78, 5) is 17.0. The Kier molecular flexibility index (Phi) is 5.91. The van der Waals surface area contributed by atoms with Crippen LogP contribution in [0.5, 0.6) is 0 Å². The number of anilines is 1. The number of rotatable bonds is 4. The van der Waals surface area contributed by atoms with Gasteiger partial charge in [-0.3, -0.25) is 4.79 Å². The molecule has 2 saturated heterocycles. The van der Waals surface area contributed by atoms with E-state index in [2.05, 4.69) is 10.2 Å². The highest BCUT2D eigenvalue weighted by Crippen LogP contribution is 2.22. The number of carbonyl (C=O) groups excluding carboxylic acids is 1. The van der Waals surface area contributed by atoms with Crippen LogP contribution in [-0.2, 0) is 0 Å². The van der Waals surface area contributed by atoms with Gasteiger partial charge in [0.05, 0.1) is 0 Å². The second-order valence-electron chi connectivity index (χ2n) is 7.86. The van der Waals surface area contributed by atoms with E-state index in [1.165, 1.54) is 12.1 Å². The summed E-state index contributed by atoms with van der Waals surface area (Å²) in [7, 11) is 0. The van der Waals surface area contributed by atoms with E-state index in [-0.39, 0.29) is 11.7 Å². The zero-order valence-electron chi connectivity index (χ0n) is 16.2. The molecule has 0 radical (unpaired) electrons. The van der Waals surface area contributed by atoms with Crippen molar-refractivity contribution in [2.45, 2.75) is 37.8 Å². The van der Waals surface area contributed by atoms with Crippen LogP contribution in [0.4, 0.5) is 10.1 Å². The lowest BCUT2D eigenvalue weighted by atomic mass is 9.99. The largest absolute Gasteiger partial charge is 0.371 e. The van der Waals surface area contributed by atoms with Gasteiger partial charge in [0.2, 0.25) is 0 Å². The van der Waals surface area contributed by atoms with Crippen molar-refractivity contribution in [3.8, 4) is 0 Å². The van der Waals surface area contributed by atoms with Crippen LogP contribution in [-0.4, -0.2) is 49.1 Å². The number of piperidine rings is 2.